The van der Waals surface area contributed by atoms with E-state index in [-0.39, 0.29) is 0 Å². The summed E-state index contributed by atoms with van der Waals surface area (Å²) in [6.45, 7) is 1.48. The molecule has 0 radical (unpaired) electrons. The first-order valence-electron chi connectivity index (χ1n) is 7.70. The molecule has 0 saturated carbocycles. The minimum atomic E-state index is -1.19. The van der Waals surface area contributed by atoms with Crippen LogP contribution < -0.4 is 0 Å². The van der Waals surface area contributed by atoms with Gasteiger partial charge in [-0.15, -0.1) is 0 Å². The van der Waals surface area contributed by atoms with Crippen molar-refractivity contribution in [2.24, 2.45) is 0 Å². The molecule has 4 nitrogen and oxygen atoms in total. The Kier molecular flexibility index (Phi) is 12.4. The quantitative estimate of drug-likeness (QED) is 0.606. The Balaban J connectivity index is 0.000000690. The minimum Gasteiger partial charge on any atom is -0.508 e. The molecule has 0 aliphatic heterocycles. The lowest BCUT2D eigenvalue weighted by atomic mass is 10.0. The molecule has 120 valence electrons. The van der Waals surface area contributed by atoms with E-state index < -0.39 is 12.6 Å². The number of phenols is 1. The summed E-state index contributed by atoms with van der Waals surface area (Å²) in [5.74, 6) is -0.826. The van der Waals surface area contributed by atoms with Crippen molar-refractivity contribution in [1.82, 2.24) is 0 Å². The van der Waals surface area contributed by atoms with E-state index in [0.717, 1.165) is 6.42 Å². The Bertz CT molecular complexity index is 360. The standard InChI is InChI=1S/C15H24O.C2H4O3/c1-2-3-4-5-6-7-8-9-14-10-12-15(16)13-11-14;3-1-2(4)5/h10-13,16H,2-9H2,1H3;3H,1H2,(H,4,5). The Morgan fingerprint density at radius 2 is 1.43 bits per heavy atom. The van der Waals surface area contributed by atoms with E-state index in [1.807, 2.05) is 12.1 Å². The van der Waals surface area contributed by atoms with Gasteiger partial charge in [-0.05, 0) is 30.5 Å². The normalized spacial score (nSPS) is 9.81. The molecule has 0 spiro atoms. The second-order valence-electron chi connectivity index (χ2n) is 5.09. The number of benzene rings is 1. The summed E-state index contributed by atoms with van der Waals surface area (Å²) in [5, 5.41) is 24.2. The van der Waals surface area contributed by atoms with Crippen LogP contribution >= 0.6 is 0 Å². The zero-order valence-electron chi connectivity index (χ0n) is 12.9. The molecule has 0 atom stereocenters. The zero-order chi connectivity index (χ0) is 15.9. The summed E-state index contributed by atoms with van der Waals surface area (Å²) in [5.41, 5.74) is 1.34. The van der Waals surface area contributed by atoms with Crippen LogP contribution in [0.3, 0.4) is 0 Å². The van der Waals surface area contributed by atoms with Crippen molar-refractivity contribution in [2.75, 3.05) is 6.61 Å². The van der Waals surface area contributed by atoms with Crippen LogP contribution in [0, 0.1) is 0 Å². The van der Waals surface area contributed by atoms with E-state index in [2.05, 4.69) is 6.92 Å². The first kappa shape index (κ1) is 19.4. The molecule has 0 aliphatic carbocycles. The predicted octanol–water partition coefficient (Wildman–Crippen LogP) is 3.75. The average molecular weight is 296 g/mol. The topological polar surface area (TPSA) is 77.8 Å². The number of unbranched alkanes of at least 4 members (excludes halogenated alkanes) is 6. The van der Waals surface area contributed by atoms with E-state index in [1.165, 1.54) is 50.5 Å². The number of carboxylic acids is 1. The number of aliphatic carboxylic acids is 1. The fourth-order valence-corrected chi connectivity index (χ4v) is 1.95. The number of carbonyl (C=O) groups is 1. The number of phenolic OH excluding ortho intramolecular Hbond substituents is 1. The summed E-state index contributed by atoms with van der Waals surface area (Å²) in [6, 6.07) is 7.59. The predicted molar refractivity (Wildman–Crippen MR) is 84.5 cm³/mol. The number of rotatable bonds is 9. The fraction of sp³-hybridized carbons (Fsp3) is 0.588. The second-order valence-corrected chi connectivity index (χ2v) is 5.09. The van der Waals surface area contributed by atoms with E-state index in [9.17, 15) is 0 Å². The lowest BCUT2D eigenvalue weighted by Crippen LogP contribution is -1.98. The van der Waals surface area contributed by atoms with Gasteiger partial charge in [0, 0.05) is 0 Å². The van der Waals surface area contributed by atoms with Crippen LogP contribution in [-0.4, -0.2) is 27.9 Å². The van der Waals surface area contributed by atoms with Crippen molar-refractivity contribution in [3.05, 3.63) is 29.8 Å². The van der Waals surface area contributed by atoms with Crippen molar-refractivity contribution >= 4 is 5.97 Å². The Labute approximate surface area is 127 Å². The first-order valence-corrected chi connectivity index (χ1v) is 7.70. The third-order valence-corrected chi connectivity index (χ3v) is 3.14. The van der Waals surface area contributed by atoms with Gasteiger partial charge in [-0.3, -0.25) is 0 Å². The van der Waals surface area contributed by atoms with Gasteiger partial charge < -0.3 is 15.3 Å². The molecule has 3 N–H and O–H groups in total. The third kappa shape index (κ3) is 13.2. The summed E-state index contributed by atoms with van der Waals surface area (Å²) >= 11 is 0. The van der Waals surface area contributed by atoms with Crippen molar-refractivity contribution < 1.29 is 20.1 Å². The Morgan fingerprint density at radius 3 is 1.90 bits per heavy atom. The summed E-state index contributed by atoms with van der Waals surface area (Å²) in [4.78, 5) is 9.12. The van der Waals surface area contributed by atoms with Crippen molar-refractivity contribution in [1.29, 1.82) is 0 Å². The highest BCUT2D eigenvalue weighted by atomic mass is 16.4. The average Bonchev–Trinajstić information content (AvgIpc) is 2.49. The Hall–Kier alpha value is -1.55. The molecule has 21 heavy (non-hydrogen) atoms. The van der Waals surface area contributed by atoms with Crippen LogP contribution in [0.25, 0.3) is 0 Å². The maximum absolute atomic E-state index is 9.15. The molecule has 0 heterocycles. The number of aliphatic hydroxyl groups is 1. The summed E-state index contributed by atoms with van der Waals surface area (Å²) < 4.78 is 0. The molecule has 1 rings (SSSR count). The highest BCUT2D eigenvalue weighted by Crippen LogP contribution is 2.13. The molecule has 0 unspecified atom stereocenters. The molecule has 0 amide bonds. The van der Waals surface area contributed by atoms with Gasteiger partial charge in [0.05, 0.1) is 0 Å². The zero-order valence-corrected chi connectivity index (χ0v) is 12.9. The number of aryl methyl sites for hydroxylation is 1. The molecular formula is C17H28O4. The van der Waals surface area contributed by atoms with Gasteiger partial charge in [0.1, 0.15) is 12.4 Å². The first-order chi connectivity index (χ1) is 10.1. The van der Waals surface area contributed by atoms with E-state index >= 15 is 0 Å². The Morgan fingerprint density at radius 1 is 0.952 bits per heavy atom. The number of hydrogen-bond acceptors (Lipinski definition) is 3. The van der Waals surface area contributed by atoms with E-state index in [4.69, 9.17) is 20.1 Å². The van der Waals surface area contributed by atoms with Crippen molar-refractivity contribution in [3.63, 3.8) is 0 Å². The molecule has 0 fully saturated rings. The van der Waals surface area contributed by atoms with Gasteiger partial charge in [-0.2, -0.15) is 0 Å². The molecule has 0 bridgehead atoms. The molecule has 4 heteroatoms. The number of aliphatic hydroxyl groups excluding tert-OH is 1. The van der Waals surface area contributed by atoms with Crippen LogP contribution in [-0.2, 0) is 11.2 Å². The molecule has 1 aromatic carbocycles. The highest BCUT2D eigenvalue weighted by molar-refractivity contribution is 5.67. The summed E-state index contributed by atoms with van der Waals surface area (Å²) in [7, 11) is 0. The van der Waals surface area contributed by atoms with Gasteiger partial charge in [-0.1, -0.05) is 57.6 Å². The van der Waals surface area contributed by atoms with Crippen LogP contribution in [0.1, 0.15) is 57.4 Å². The number of hydrogen-bond donors (Lipinski definition) is 3. The number of aromatic hydroxyl groups is 1. The maximum atomic E-state index is 9.15. The van der Waals surface area contributed by atoms with Crippen LogP contribution in [0.4, 0.5) is 0 Å². The van der Waals surface area contributed by atoms with Crippen LogP contribution in [0.5, 0.6) is 5.75 Å². The second kappa shape index (κ2) is 13.4. The molecular weight excluding hydrogens is 268 g/mol. The van der Waals surface area contributed by atoms with Crippen LogP contribution in [0.15, 0.2) is 24.3 Å². The smallest absolute Gasteiger partial charge is 0.329 e. The maximum Gasteiger partial charge on any atom is 0.329 e. The fourth-order valence-electron chi connectivity index (χ4n) is 1.95. The summed E-state index contributed by atoms with van der Waals surface area (Å²) in [6.07, 6.45) is 10.6. The molecule has 1 aromatic rings. The van der Waals surface area contributed by atoms with Gasteiger partial charge in [-0.25, -0.2) is 4.79 Å². The largest absolute Gasteiger partial charge is 0.508 e. The van der Waals surface area contributed by atoms with Gasteiger partial charge >= 0.3 is 5.97 Å². The number of carboxylic acid groups (broad SMARTS) is 1. The van der Waals surface area contributed by atoms with Crippen molar-refractivity contribution in [2.45, 2.75) is 58.3 Å². The SMILES string of the molecule is CCCCCCCCCc1ccc(O)cc1.O=C(O)CO. The third-order valence-electron chi connectivity index (χ3n) is 3.14. The van der Waals surface area contributed by atoms with Gasteiger partial charge in [0.15, 0.2) is 0 Å². The van der Waals surface area contributed by atoms with E-state index in [0.29, 0.717) is 5.75 Å². The minimum absolute atomic E-state index is 0.364. The van der Waals surface area contributed by atoms with Crippen LogP contribution in [0.2, 0.25) is 0 Å². The molecule has 0 aromatic heterocycles. The monoisotopic (exact) mass is 296 g/mol. The lowest BCUT2D eigenvalue weighted by molar-refractivity contribution is -0.140. The van der Waals surface area contributed by atoms with Gasteiger partial charge in [0.25, 0.3) is 0 Å². The molecule has 0 aliphatic rings. The van der Waals surface area contributed by atoms with Crippen molar-refractivity contribution in [3.8, 4) is 5.75 Å². The highest BCUT2D eigenvalue weighted by Gasteiger charge is 1.94. The van der Waals surface area contributed by atoms with E-state index in [1.54, 1.807) is 12.1 Å². The van der Waals surface area contributed by atoms with Gasteiger partial charge in [0.2, 0.25) is 0 Å². The lowest BCUT2D eigenvalue weighted by Gasteiger charge is -2.02. The molecule has 0 saturated heterocycles.